The second kappa shape index (κ2) is 9.40. The Morgan fingerprint density at radius 2 is 1.88 bits per heavy atom. The van der Waals surface area contributed by atoms with Gasteiger partial charge >= 0.3 is 0 Å². The monoisotopic (exact) mass is 351 g/mol. The van der Waals surface area contributed by atoms with E-state index in [0.29, 0.717) is 12.3 Å². The second-order valence-electron chi connectivity index (χ2n) is 7.01. The molecule has 1 aromatic carbocycles. The fraction of sp³-hybridized carbons (Fsp3) is 0.632. The highest BCUT2D eigenvalue weighted by Gasteiger charge is 2.30. The minimum atomic E-state index is 0. The van der Waals surface area contributed by atoms with Gasteiger partial charge in [-0.05, 0) is 50.9 Å². The van der Waals surface area contributed by atoms with Gasteiger partial charge in [0.15, 0.2) is 0 Å². The Balaban J connectivity index is 0.00000208. The van der Waals surface area contributed by atoms with Crippen LogP contribution in [0.3, 0.4) is 0 Å². The number of likely N-dealkylation sites (N-methyl/N-ethyl adjacent to an activating group) is 1. The molecule has 1 unspecified atom stereocenters. The number of nitrogens with one attached hydrogen (secondary N) is 1. The van der Waals surface area contributed by atoms with Crippen LogP contribution in [0.2, 0.25) is 0 Å². The van der Waals surface area contributed by atoms with Gasteiger partial charge in [0.1, 0.15) is 0 Å². The molecule has 24 heavy (non-hydrogen) atoms. The molecule has 0 bridgehead atoms. The number of rotatable bonds is 4. The molecule has 2 fully saturated rings. The van der Waals surface area contributed by atoms with Crippen molar-refractivity contribution in [1.29, 1.82) is 0 Å². The van der Waals surface area contributed by atoms with E-state index in [2.05, 4.69) is 46.4 Å². The van der Waals surface area contributed by atoms with Gasteiger partial charge in [-0.25, -0.2) is 0 Å². The Bertz CT molecular complexity index is 505. The van der Waals surface area contributed by atoms with E-state index in [0.717, 1.165) is 45.1 Å². The number of amides is 1. The highest BCUT2D eigenvalue weighted by molar-refractivity contribution is 5.85. The highest BCUT2D eigenvalue weighted by atomic mass is 35.5. The Hall–Kier alpha value is -1.10. The van der Waals surface area contributed by atoms with E-state index in [-0.39, 0.29) is 18.4 Å². The van der Waals surface area contributed by atoms with Crippen molar-refractivity contribution in [1.82, 2.24) is 15.1 Å². The molecule has 0 radical (unpaired) electrons. The molecule has 4 nitrogen and oxygen atoms in total. The molecule has 2 aliphatic rings. The van der Waals surface area contributed by atoms with Crippen molar-refractivity contribution >= 4 is 18.3 Å². The van der Waals surface area contributed by atoms with Crippen LogP contribution < -0.4 is 5.32 Å². The normalized spacial score (nSPS) is 22.9. The lowest BCUT2D eigenvalue weighted by molar-refractivity contribution is -0.136. The summed E-state index contributed by atoms with van der Waals surface area (Å²) in [4.78, 5) is 17.3. The van der Waals surface area contributed by atoms with Gasteiger partial charge in [-0.3, -0.25) is 4.79 Å². The first-order valence-corrected chi connectivity index (χ1v) is 8.97. The largest absolute Gasteiger partial charge is 0.333 e. The summed E-state index contributed by atoms with van der Waals surface area (Å²) in [6, 6.07) is 10.7. The summed E-state index contributed by atoms with van der Waals surface area (Å²) in [5.41, 5.74) is 1.26. The number of carbonyl (C=O) groups excluding carboxylic acids is 1. The van der Waals surface area contributed by atoms with Crippen LogP contribution in [0.5, 0.6) is 0 Å². The average Bonchev–Trinajstić information content (AvgIpc) is 2.61. The maximum Gasteiger partial charge on any atom is 0.223 e. The van der Waals surface area contributed by atoms with Gasteiger partial charge in [0.2, 0.25) is 5.91 Å². The molecule has 5 heteroatoms. The molecular weight excluding hydrogens is 322 g/mol. The molecule has 1 N–H and O–H groups in total. The van der Waals surface area contributed by atoms with Crippen molar-refractivity contribution in [2.24, 2.45) is 5.92 Å². The lowest BCUT2D eigenvalue weighted by Gasteiger charge is -2.40. The summed E-state index contributed by atoms with van der Waals surface area (Å²) in [6.07, 6.45) is 4.20. The van der Waals surface area contributed by atoms with Gasteiger partial charge in [0.25, 0.3) is 0 Å². The number of halogens is 1. The number of hydrogen-bond acceptors (Lipinski definition) is 3. The molecule has 134 valence electrons. The number of benzene rings is 1. The minimum absolute atomic E-state index is 0. The zero-order valence-electron chi connectivity index (χ0n) is 14.6. The molecule has 2 aliphatic heterocycles. The first kappa shape index (κ1) is 19.2. The van der Waals surface area contributed by atoms with Gasteiger partial charge in [-0.2, -0.15) is 0 Å². The minimum Gasteiger partial charge on any atom is -0.333 e. The van der Waals surface area contributed by atoms with Crippen LogP contribution in [0.25, 0.3) is 0 Å². The van der Waals surface area contributed by atoms with Crippen LogP contribution in [0.4, 0.5) is 0 Å². The summed E-state index contributed by atoms with van der Waals surface area (Å²) in [6.45, 7) is 4.98. The van der Waals surface area contributed by atoms with Gasteiger partial charge in [-0.15, -0.1) is 12.4 Å². The maximum absolute atomic E-state index is 12.8. The standard InChI is InChI=1S/C19H29N3O.ClH/c1-21-13-14-22(18(15-21)17-5-3-2-4-6-17)19(23)8-7-16-9-11-20-12-10-16;/h2-6,16,18,20H,7-15H2,1H3;1H. The predicted octanol–water partition coefficient (Wildman–Crippen LogP) is 2.70. The summed E-state index contributed by atoms with van der Waals surface area (Å²) >= 11 is 0. The lowest BCUT2D eigenvalue weighted by Crippen LogP contribution is -2.49. The van der Waals surface area contributed by atoms with Crippen LogP contribution in [0.1, 0.15) is 37.3 Å². The Kier molecular flexibility index (Phi) is 7.53. The Labute approximate surface area is 152 Å². The quantitative estimate of drug-likeness (QED) is 0.906. The number of carbonyl (C=O) groups is 1. The maximum atomic E-state index is 12.8. The molecule has 3 rings (SSSR count). The summed E-state index contributed by atoms with van der Waals surface area (Å²) < 4.78 is 0. The first-order chi connectivity index (χ1) is 11.2. The fourth-order valence-electron chi connectivity index (χ4n) is 3.82. The first-order valence-electron chi connectivity index (χ1n) is 8.97. The van der Waals surface area contributed by atoms with E-state index in [9.17, 15) is 4.79 Å². The molecule has 0 aromatic heterocycles. The summed E-state index contributed by atoms with van der Waals surface area (Å²) in [7, 11) is 2.15. The van der Waals surface area contributed by atoms with E-state index in [1.165, 1.54) is 18.4 Å². The van der Waals surface area contributed by atoms with Crippen molar-refractivity contribution in [3.8, 4) is 0 Å². The second-order valence-corrected chi connectivity index (χ2v) is 7.01. The van der Waals surface area contributed by atoms with Crippen molar-refractivity contribution in [3.05, 3.63) is 35.9 Å². The van der Waals surface area contributed by atoms with Crippen molar-refractivity contribution in [2.45, 2.75) is 31.7 Å². The van der Waals surface area contributed by atoms with Crippen LogP contribution in [0.15, 0.2) is 30.3 Å². The molecule has 2 saturated heterocycles. The number of piperidine rings is 1. The fourth-order valence-corrected chi connectivity index (χ4v) is 3.82. The van der Waals surface area contributed by atoms with Crippen LogP contribution in [-0.4, -0.2) is 55.5 Å². The van der Waals surface area contributed by atoms with Crippen LogP contribution >= 0.6 is 12.4 Å². The summed E-state index contributed by atoms with van der Waals surface area (Å²) in [5, 5.41) is 3.40. The topological polar surface area (TPSA) is 35.6 Å². The lowest BCUT2D eigenvalue weighted by atomic mass is 9.92. The molecule has 1 amide bonds. The van der Waals surface area contributed by atoms with Gasteiger partial charge < -0.3 is 15.1 Å². The Morgan fingerprint density at radius 3 is 2.58 bits per heavy atom. The van der Waals surface area contributed by atoms with Gasteiger partial charge in [0.05, 0.1) is 6.04 Å². The van der Waals surface area contributed by atoms with Crippen molar-refractivity contribution in [3.63, 3.8) is 0 Å². The molecule has 0 saturated carbocycles. The third-order valence-corrected chi connectivity index (χ3v) is 5.31. The molecule has 0 aliphatic carbocycles. The number of nitrogens with zero attached hydrogens (tertiary/aromatic N) is 2. The van der Waals surface area contributed by atoms with Crippen LogP contribution in [-0.2, 0) is 4.79 Å². The van der Waals surface area contributed by atoms with Gasteiger partial charge in [0, 0.05) is 26.1 Å². The zero-order valence-corrected chi connectivity index (χ0v) is 15.4. The number of piperazine rings is 1. The molecule has 1 aromatic rings. The average molecular weight is 352 g/mol. The molecule has 1 atom stereocenters. The SMILES string of the molecule is CN1CCN(C(=O)CCC2CCNCC2)C(c2ccccc2)C1.Cl. The third-order valence-electron chi connectivity index (χ3n) is 5.31. The van der Waals surface area contributed by atoms with Gasteiger partial charge in [-0.1, -0.05) is 30.3 Å². The van der Waals surface area contributed by atoms with E-state index in [4.69, 9.17) is 0 Å². The number of hydrogen-bond donors (Lipinski definition) is 1. The van der Waals surface area contributed by atoms with Crippen LogP contribution in [0, 0.1) is 5.92 Å². The van der Waals surface area contributed by atoms with E-state index in [1.807, 2.05) is 6.07 Å². The molecular formula is C19H30ClN3O. The van der Waals surface area contributed by atoms with E-state index < -0.39 is 0 Å². The van der Waals surface area contributed by atoms with Crippen molar-refractivity contribution < 1.29 is 4.79 Å². The smallest absolute Gasteiger partial charge is 0.223 e. The molecule has 0 spiro atoms. The predicted molar refractivity (Wildman–Crippen MR) is 100 cm³/mol. The zero-order chi connectivity index (χ0) is 16.1. The highest BCUT2D eigenvalue weighted by Crippen LogP contribution is 2.27. The Morgan fingerprint density at radius 1 is 1.17 bits per heavy atom. The van der Waals surface area contributed by atoms with Crippen molar-refractivity contribution in [2.75, 3.05) is 39.8 Å². The van der Waals surface area contributed by atoms with E-state index in [1.54, 1.807) is 0 Å². The third kappa shape index (κ3) is 4.95. The van der Waals surface area contributed by atoms with E-state index >= 15 is 0 Å². The summed E-state index contributed by atoms with van der Waals surface area (Å²) in [5.74, 6) is 1.06. The molecule has 2 heterocycles.